The van der Waals surface area contributed by atoms with Crippen LogP contribution in [0.2, 0.25) is 10.0 Å². The Labute approximate surface area is 141 Å². The van der Waals surface area contributed by atoms with Crippen molar-refractivity contribution in [1.29, 1.82) is 0 Å². The lowest BCUT2D eigenvalue weighted by Crippen LogP contribution is -2.01. The molecule has 8 heteroatoms. The molecule has 1 heterocycles. The SMILES string of the molecule is COc1cc2nc(-c3ccc(Cl)c(Cl)c3F)nc(N)c2cc1N. The van der Waals surface area contributed by atoms with Crippen molar-refractivity contribution in [3.8, 4) is 17.1 Å². The van der Waals surface area contributed by atoms with Gasteiger partial charge in [-0.15, -0.1) is 0 Å². The highest BCUT2D eigenvalue weighted by atomic mass is 35.5. The monoisotopic (exact) mass is 352 g/mol. The van der Waals surface area contributed by atoms with E-state index in [4.69, 9.17) is 39.4 Å². The fourth-order valence-electron chi connectivity index (χ4n) is 2.19. The van der Waals surface area contributed by atoms with Crippen LogP contribution in [0, 0.1) is 5.82 Å². The van der Waals surface area contributed by atoms with Crippen molar-refractivity contribution in [2.45, 2.75) is 0 Å². The first kappa shape index (κ1) is 15.6. The van der Waals surface area contributed by atoms with E-state index in [-0.39, 0.29) is 27.3 Å². The van der Waals surface area contributed by atoms with Gasteiger partial charge >= 0.3 is 0 Å². The highest BCUT2D eigenvalue weighted by Gasteiger charge is 2.17. The van der Waals surface area contributed by atoms with Gasteiger partial charge in [-0.3, -0.25) is 0 Å². The molecule has 1 aromatic heterocycles. The number of nitrogens with two attached hydrogens (primary N) is 2. The van der Waals surface area contributed by atoms with Gasteiger partial charge in [0.2, 0.25) is 0 Å². The Bertz CT molecular complexity index is 933. The molecule has 0 bridgehead atoms. The Hall–Kier alpha value is -2.31. The summed E-state index contributed by atoms with van der Waals surface area (Å²) in [6, 6.07) is 6.13. The molecule has 0 aliphatic heterocycles. The van der Waals surface area contributed by atoms with Crippen molar-refractivity contribution in [3.05, 3.63) is 40.1 Å². The van der Waals surface area contributed by atoms with Crippen molar-refractivity contribution >= 4 is 45.6 Å². The third-order valence-corrected chi connectivity index (χ3v) is 4.13. The van der Waals surface area contributed by atoms with E-state index in [1.54, 1.807) is 12.1 Å². The molecule has 0 aliphatic carbocycles. The lowest BCUT2D eigenvalue weighted by atomic mass is 10.1. The largest absolute Gasteiger partial charge is 0.495 e. The molecule has 5 nitrogen and oxygen atoms in total. The quantitative estimate of drug-likeness (QED) is 0.539. The maximum atomic E-state index is 14.3. The van der Waals surface area contributed by atoms with Gasteiger partial charge in [-0.25, -0.2) is 14.4 Å². The molecule has 0 saturated heterocycles. The van der Waals surface area contributed by atoms with Crippen LogP contribution in [0.1, 0.15) is 0 Å². The molecule has 0 aliphatic rings. The Morgan fingerprint density at radius 1 is 1.13 bits per heavy atom. The zero-order chi connectivity index (χ0) is 16.7. The lowest BCUT2D eigenvalue weighted by Gasteiger charge is -2.10. The third kappa shape index (κ3) is 2.60. The maximum absolute atomic E-state index is 14.3. The van der Waals surface area contributed by atoms with Crippen molar-refractivity contribution in [1.82, 2.24) is 9.97 Å². The van der Waals surface area contributed by atoms with Crippen LogP contribution in [-0.2, 0) is 0 Å². The number of nitrogens with zero attached hydrogens (tertiary/aromatic N) is 2. The van der Waals surface area contributed by atoms with E-state index in [1.165, 1.54) is 19.2 Å². The molecule has 3 aromatic rings. The second kappa shape index (κ2) is 5.72. The number of nitrogen functional groups attached to an aromatic ring is 2. The molecule has 2 aromatic carbocycles. The number of methoxy groups -OCH3 is 1. The van der Waals surface area contributed by atoms with Crippen molar-refractivity contribution in [3.63, 3.8) is 0 Å². The average molecular weight is 353 g/mol. The van der Waals surface area contributed by atoms with Crippen LogP contribution < -0.4 is 16.2 Å². The van der Waals surface area contributed by atoms with E-state index in [0.717, 1.165) is 0 Å². The van der Waals surface area contributed by atoms with Gasteiger partial charge in [-0.1, -0.05) is 23.2 Å². The predicted molar refractivity (Wildman–Crippen MR) is 90.3 cm³/mol. The summed E-state index contributed by atoms with van der Waals surface area (Å²) in [6.07, 6.45) is 0. The van der Waals surface area contributed by atoms with Gasteiger partial charge in [-0.05, 0) is 18.2 Å². The Balaban J connectivity index is 2.28. The number of anilines is 2. The number of aromatic nitrogens is 2. The van der Waals surface area contributed by atoms with Gasteiger partial charge in [0, 0.05) is 11.5 Å². The number of halogens is 3. The summed E-state index contributed by atoms with van der Waals surface area (Å²) in [5, 5.41) is 0.463. The minimum absolute atomic E-state index is 0.0953. The summed E-state index contributed by atoms with van der Waals surface area (Å²) in [4.78, 5) is 8.45. The number of hydrogen-bond donors (Lipinski definition) is 2. The molecule has 0 amide bonds. The van der Waals surface area contributed by atoms with Crippen LogP contribution in [0.4, 0.5) is 15.9 Å². The smallest absolute Gasteiger partial charge is 0.165 e. The number of ether oxygens (including phenoxy) is 1. The summed E-state index contributed by atoms with van der Waals surface area (Å²) in [6.45, 7) is 0. The minimum Gasteiger partial charge on any atom is -0.495 e. The van der Waals surface area contributed by atoms with Gasteiger partial charge < -0.3 is 16.2 Å². The molecule has 0 unspecified atom stereocenters. The molecular weight excluding hydrogens is 342 g/mol. The molecule has 0 radical (unpaired) electrons. The first-order valence-electron chi connectivity index (χ1n) is 6.47. The highest BCUT2D eigenvalue weighted by molar-refractivity contribution is 6.42. The van der Waals surface area contributed by atoms with Crippen LogP contribution >= 0.6 is 23.2 Å². The van der Waals surface area contributed by atoms with Crippen LogP contribution in [0.25, 0.3) is 22.3 Å². The standard InChI is InChI=1S/C15H11Cl2FN4O/c1-23-11-5-10-7(4-9(11)19)14(20)22-15(21-10)6-2-3-8(16)12(17)13(6)18/h2-5H,19H2,1H3,(H2,20,21,22). The summed E-state index contributed by atoms with van der Waals surface area (Å²) in [5.41, 5.74) is 12.8. The maximum Gasteiger partial charge on any atom is 0.165 e. The Morgan fingerprint density at radius 3 is 2.57 bits per heavy atom. The van der Waals surface area contributed by atoms with Crippen LogP contribution in [0.3, 0.4) is 0 Å². The van der Waals surface area contributed by atoms with E-state index >= 15 is 0 Å². The number of fused-ring (bicyclic) bond motifs is 1. The van der Waals surface area contributed by atoms with E-state index in [0.29, 0.717) is 22.3 Å². The van der Waals surface area contributed by atoms with Crippen LogP contribution in [-0.4, -0.2) is 17.1 Å². The van der Waals surface area contributed by atoms with Gasteiger partial charge in [-0.2, -0.15) is 0 Å². The molecule has 4 N–H and O–H groups in total. The molecule has 0 spiro atoms. The predicted octanol–water partition coefficient (Wildman–Crippen LogP) is 3.92. The normalized spacial score (nSPS) is 11.0. The molecule has 3 rings (SSSR count). The topological polar surface area (TPSA) is 87.0 Å². The van der Waals surface area contributed by atoms with Gasteiger partial charge in [0.25, 0.3) is 0 Å². The van der Waals surface area contributed by atoms with E-state index < -0.39 is 5.82 Å². The zero-order valence-electron chi connectivity index (χ0n) is 11.9. The minimum atomic E-state index is -0.708. The summed E-state index contributed by atoms with van der Waals surface area (Å²) < 4.78 is 19.5. The van der Waals surface area contributed by atoms with Crippen LogP contribution in [0.5, 0.6) is 5.75 Å². The Kier molecular flexibility index (Phi) is 3.87. The first-order chi connectivity index (χ1) is 10.9. The second-order valence-corrected chi connectivity index (χ2v) is 5.55. The highest BCUT2D eigenvalue weighted by Crippen LogP contribution is 2.34. The fourth-order valence-corrected chi connectivity index (χ4v) is 2.50. The number of hydrogen-bond acceptors (Lipinski definition) is 5. The molecule has 0 saturated carbocycles. The molecular formula is C15H11Cl2FN4O. The number of benzene rings is 2. The van der Waals surface area contributed by atoms with Crippen molar-refractivity contribution in [2.24, 2.45) is 0 Å². The van der Waals surface area contributed by atoms with Gasteiger partial charge in [0.15, 0.2) is 11.6 Å². The molecule has 0 atom stereocenters. The average Bonchev–Trinajstić information content (AvgIpc) is 2.53. The lowest BCUT2D eigenvalue weighted by molar-refractivity contribution is 0.417. The second-order valence-electron chi connectivity index (χ2n) is 4.77. The first-order valence-corrected chi connectivity index (χ1v) is 7.22. The van der Waals surface area contributed by atoms with E-state index in [2.05, 4.69) is 9.97 Å². The molecule has 0 fully saturated rings. The van der Waals surface area contributed by atoms with Gasteiger partial charge in [0.05, 0.1) is 33.9 Å². The summed E-state index contributed by atoms with van der Waals surface area (Å²) in [7, 11) is 1.49. The zero-order valence-corrected chi connectivity index (χ0v) is 13.4. The summed E-state index contributed by atoms with van der Waals surface area (Å²) >= 11 is 11.6. The van der Waals surface area contributed by atoms with Crippen LogP contribution in [0.15, 0.2) is 24.3 Å². The van der Waals surface area contributed by atoms with Crippen molar-refractivity contribution < 1.29 is 9.13 Å². The van der Waals surface area contributed by atoms with E-state index in [9.17, 15) is 4.39 Å². The molecule has 23 heavy (non-hydrogen) atoms. The Morgan fingerprint density at radius 2 is 1.87 bits per heavy atom. The fraction of sp³-hybridized carbons (Fsp3) is 0.0667. The third-order valence-electron chi connectivity index (χ3n) is 3.35. The number of rotatable bonds is 2. The van der Waals surface area contributed by atoms with Crippen molar-refractivity contribution in [2.75, 3.05) is 18.6 Å². The van der Waals surface area contributed by atoms with Gasteiger partial charge in [0.1, 0.15) is 11.6 Å². The summed E-state index contributed by atoms with van der Waals surface area (Å²) in [5.74, 6) is -0.000737. The van der Waals surface area contributed by atoms with E-state index in [1.807, 2.05) is 0 Å². The molecule has 118 valence electrons.